The van der Waals surface area contributed by atoms with E-state index in [1.165, 1.54) is 0 Å². The Labute approximate surface area is 104 Å². The molecule has 1 atom stereocenters. The van der Waals surface area contributed by atoms with Crippen molar-refractivity contribution in [2.75, 3.05) is 0 Å². The third-order valence-electron chi connectivity index (χ3n) is 3.52. The number of amides is 1. The van der Waals surface area contributed by atoms with Gasteiger partial charge in [-0.25, -0.2) is 4.79 Å². The molecule has 0 spiro atoms. The fraction of sp³-hybridized carbons (Fsp3) is 0.583. The first-order chi connectivity index (χ1) is 8.40. The predicted octanol–water partition coefficient (Wildman–Crippen LogP) is 1.68. The first kappa shape index (κ1) is 12.6. The van der Waals surface area contributed by atoms with Gasteiger partial charge in [0, 0.05) is 12.1 Å². The van der Waals surface area contributed by atoms with E-state index in [9.17, 15) is 9.59 Å². The summed E-state index contributed by atoms with van der Waals surface area (Å²) in [5.41, 5.74) is 0.0739. The van der Waals surface area contributed by atoms with Crippen LogP contribution in [0.3, 0.4) is 0 Å². The lowest BCUT2D eigenvalue weighted by Crippen LogP contribution is -2.41. The molecule has 1 aliphatic carbocycles. The van der Waals surface area contributed by atoms with Gasteiger partial charge in [-0.15, -0.1) is 0 Å². The van der Waals surface area contributed by atoms with Gasteiger partial charge in [-0.05, 0) is 18.3 Å². The molecule has 2 rings (SSSR count). The predicted molar refractivity (Wildman–Crippen MR) is 62.3 cm³/mol. The molecule has 1 heterocycles. The molecule has 98 valence electrons. The van der Waals surface area contributed by atoms with Gasteiger partial charge in [0.1, 0.15) is 0 Å². The smallest absolute Gasteiger partial charge is 0.374 e. The second-order valence-corrected chi connectivity index (χ2v) is 5.29. The van der Waals surface area contributed by atoms with Crippen molar-refractivity contribution in [1.29, 1.82) is 0 Å². The molecule has 1 aliphatic rings. The van der Waals surface area contributed by atoms with Gasteiger partial charge in [-0.1, -0.05) is 25.4 Å². The molecule has 1 fully saturated rings. The van der Waals surface area contributed by atoms with E-state index < -0.39 is 5.97 Å². The van der Waals surface area contributed by atoms with Crippen LogP contribution >= 0.6 is 0 Å². The molecule has 0 bridgehead atoms. The molecule has 6 heteroatoms. The highest BCUT2D eigenvalue weighted by Gasteiger charge is 2.36. The quantitative estimate of drug-likeness (QED) is 0.853. The van der Waals surface area contributed by atoms with Crippen molar-refractivity contribution < 1.29 is 19.2 Å². The van der Waals surface area contributed by atoms with E-state index in [1.807, 2.05) is 0 Å². The molecule has 1 amide bonds. The third-order valence-corrected chi connectivity index (χ3v) is 3.52. The van der Waals surface area contributed by atoms with Gasteiger partial charge in [0.25, 0.3) is 5.91 Å². The Bertz CT molecular complexity index is 478. The maximum Gasteiger partial charge on any atom is 0.374 e. The zero-order valence-electron chi connectivity index (χ0n) is 10.4. The number of carboxylic acids is 1. The van der Waals surface area contributed by atoms with E-state index in [0.717, 1.165) is 25.3 Å². The van der Waals surface area contributed by atoms with Gasteiger partial charge in [-0.3, -0.25) is 4.79 Å². The van der Waals surface area contributed by atoms with Gasteiger partial charge in [-0.2, -0.15) is 0 Å². The minimum atomic E-state index is -1.23. The van der Waals surface area contributed by atoms with E-state index in [2.05, 4.69) is 28.8 Å². The lowest BCUT2D eigenvalue weighted by Gasteiger charge is -2.27. The second kappa shape index (κ2) is 4.44. The second-order valence-electron chi connectivity index (χ2n) is 5.29. The Morgan fingerprint density at radius 3 is 2.78 bits per heavy atom. The minimum absolute atomic E-state index is 0.00935. The molecule has 6 nitrogen and oxygen atoms in total. The molecule has 1 aromatic heterocycles. The van der Waals surface area contributed by atoms with Crippen LogP contribution in [0.2, 0.25) is 0 Å². The van der Waals surface area contributed by atoms with Crippen LogP contribution in [0.5, 0.6) is 0 Å². The SMILES string of the molecule is CC1(C)CCCC1NC(=O)c1cc(C(=O)O)on1. The number of hydrogen-bond donors (Lipinski definition) is 2. The highest BCUT2D eigenvalue weighted by atomic mass is 16.5. The fourth-order valence-corrected chi connectivity index (χ4v) is 2.31. The van der Waals surface area contributed by atoms with E-state index in [0.29, 0.717) is 0 Å². The topological polar surface area (TPSA) is 92.4 Å². The summed E-state index contributed by atoms with van der Waals surface area (Å²) in [4.78, 5) is 22.5. The average Bonchev–Trinajstić information content (AvgIpc) is 2.86. The first-order valence-corrected chi connectivity index (χ1v) is 5.91. The van der Waals surface area contributed by atoms with Gasteiger partial charge in [0.15, 0.2) is 5.69 Å². The molecule has 18 heavy (non-hydrogen) atoms. The average molecular weight is 252 g/mol. The summed E-state index contributed by atoms with van der Waals surface area (Å²) in [5.74, 6) is -1.94. The monoisotopic (exact) mass is 252 g/mol. The van der Waals surface area contributed by atoms with Gasteiger partial charge in [0.2, 0.25) is 5.76 Å². The molecule has 1 unspecified atom stereocenters. The summed E-state index contributed by atoms with van der Waals surface area (Å²) in [6.07, 6.45) is 3.08. The van der Waals surface area contributed by atoms with Crippen molar-refractivity contribution >= 4 is 11.9 Å². The van der Waals surface area contributed by atoms with Crippen LogP contribution < -0.4 is 5.32 Å². The summed E-state index contributed by atoms with van der Waals surface area (Å²) < 4.78 is 4.55. The lowest BCUT2D eigenvalue weighted by molar-refractivity contribution is 0.0650. The van der Waals surface area contributed by atoms with E-state index in [-0.39, 0.29) is 28.8 Å². The normalized spacial score (nSPS) is 21.8. The number of nitrogens with one attached hydrogen (secondary N) is 1. The number of aromatic nitrogens is 1. The van der Waals surface area contributed by atoms with Crippen molar-refractivity contribution in [1.82, 2.24) is 10.5 Å². The van der Waals surface area contributed by atoms with Crippen molar-refractivity contribution in [3.05, 3.63) is 17.5 Å². The molecule has 0 radical (unpaired) electrons. The molecular formula is C12H16N2O4. The minimum Gasteiger partial charge on any atom is -0.475 e. The van der Waals surface area contributed by atoms with E-state index in [1.54, 1.807) is 0 Å². The maximum absolute atomic E-state index is 11.9. The number of carbonyl (C=O) groups is 2. The van der Waals surface area contributed by atoms with Crippen LogP contribution in [0.1, 0.15) is 54.2 Å². The summed E-state index contributed by atoms with van der Waals surface area (Å²) in [6.45, 7) is 4.22. The number of carbonyl (C=O) groups excluding carboxylic acids is 1. The van der Waals surface area contributed by atoms with Crippen molar-refractivity contribution in [3.63, 3.8) is 0 Å². The summed E-state index contributed by atoms with van der Waals surface area (Å²) >= 11 is 0. The van der Waals surface area contributed by atoms with Gasteiger partial charge in [0.05, 0.1) is 0 Å². The standard InChI is InChI=1S/C12H16N2O4/c1-12(2)5-3-4-9(12)13-10(15)7-6-8(11(16)17)18-14-7/h6,9H,3-5H2,1-2H3,(H,13,15)(H,16,17). The van der Waals surface area contributed by atoms with E-state index >= 15 is 0 Å². The molecule has 0 aromatic carbocycles. The van der Waals surface area contributed by atoms with Crippen LogP contribution in [0, 0.1) is 5.41 Å². The Morgan fingerprint density at radius 1 is 1.56 bits per heavy atom. The van der Waals surface area contributed by atoms with E-state index in [4.69, 9.17) is 5.11 Å². The molecule has 0 aliphatic heterocycles. The van der Waals surface area contributed by atoms with Crippen LogP contribution in [0.4, 0.5) is 0 Å². The lowest BCUT2D eigenvalue weighted by atomic mass is 9.87. The Kier molecular flexibility index (Phi) is 3.11. The number of rotatable bonds is 3. The fourth-order valence-electron chi connectivity index (χ4n) is 2.31. The molecule has 2 N–H and O–H groups in total. The number of hydrogen-bond acceptors (Lipinski definition) is 4. The zero-order chi connectivity index (χ0) is 13.3. The zero-order valence-corrected chi connectivity index (χ0v) is 10.4. The summed E-state index contributed by atoms with van der Waals surface area (Å²) in [5, 5.41) is 15.0. The summed E-state index contributed by atoms with van der Waals surface area (Å²) in [6, 6.07) is 1.23. The Hall–Kier alpha value is -1.85. The van der Waals surface area contributed by atoms with Crippen LogP contribution in [0.15, 0.2) is 10.6 Å². The molecular weight excluding hydrogens is 236 g/mol. The number of nitrogens with zero attached hydrogens (tertiary/aromatic N) is 1. The van der Waals surface area contributed by atoms with Crippen LogP contribution in [-0.2, 0) is 0 Å². The number of carboxylic acid groups (broad SMARTS) is 1. The van der Waals surface area contributed by atoms with Crippen LogP contribution in [-0.4, -0.2) is 28.2 Å². The highest BCUT2D eigenvalue weighted by molar-refractivity contribution is 5.95. The molecule has 1 saturated carbocycles. The highest BCUT2D eigenvalue weighted by Crippen LogP contribution is 2.37. The van der Waals surface area contributed by atoms with Gasteiger partial charge < -0.3 is 14.9 Å². The maximum atomic E-state index is 11.9. The number of aromatic carboxylic acids is 1. The van der Waals surface area contributed by atoms with Crippen LogP contribution in [0.25, 0.3) is 0 Å². The van der Waals surface area contributed by atoms with Crippen molar-refractivity contribution in [2.45, 2.75) is 39.2 Å². The van der Waals surface area contributed by atoms with Crippen molar-refractivity contribution in [3.8, 4) is 0 Å². The molecule has 0 saturated heterocycles. The first-order valence-electron chi connectivity index (χ1n) is 5.91. The molecule has 1 aromatic rings. The third kappa shape index (κ3) is 2.37. The Morgan fingerprint density at radius 2 is 2.28 bits per heavy atom. The largest absolute Gasteiger partial charge is 0.475 e. The van der Waals surface area contributed by atoms with Gasteiger partial charge >= 0.3 is 5.97 Å². The van der Waals surface area contributed by atoms with Crippen molar-refractivity contribution in [2.24, 2.45) is 5.41 Å². The summed E-state index contributed by atoms with van der Waals surface area (Å²) in [7, 11) is 0. The Balaban J connectivity index is 2.05.